The number of benzene rings is 1. The van der Waals surface area contributed by atoms with E-state index in [0.29, 0.717) is 13.0 Å². The summed E-state index contributed by atoms with van der Waals surface area (Å²) in [6.07, 6.45) is 1.25. The molecule has 0 amide bonds. The number of rotatable bonds is 3. The Morgan fingerprint density at radius 2 is 2.06 bits per heavy atom. The number of cyclic esters (lactones) is 1. The van der Waals surface area contributed by atoms with Gasteiger partial charge in [0.25, 0.3) is 0 Å². The molecule has 1 aromatic carbocycles. The fraction of sp³-hybridized carbons (Fsp3) is 0.533. The highest BCUT2D eigenvalue weighted by molar-refractivity contribution is 5.72. The average Bonchev–Trinajstić information content (AvgIpc) is 2.65. The first kappa shape index (κ1) is 12.9. The maximum Gasteiger partial charge on any atom is 0.306 e. The smallest absolute Gasteiger partial charge is 0.306 e. The zero-order chi connectivity index (χ0) is 13.3. The van der Waals surface area contributed by atoms with Crippen molar-refractivity contribution in [2.75, 3.05) is 6.61 Å². The molecule has 1 fully saturated rings. The molecule has 0 radical (unpaired) electrons. The quantitative estimate of drug-likeness (QED) is 0.770. The van der Waals surface area contributed by atoms with Crippen LogP contribution in [0.25, 0.3) is 0 Å². The minimum Gasteiger partial charge on any atom is -0.494 e. The lowest BCUT2D eigenvalue weighted by Crippen LogP contribution is -2.22. The van der Waals surface area contributed by atoms with Crippen molar-refractivity contribution in [1.82, 2.24) is 0 Å². The number of aryl methyl sites for hydroxylation is 2. The normalized spacial score (nSPS) is 23.0. The van der Waals surface area contributed by atoms with Gasteiger partial charge in [-0.1, -0.05) is 0 Å². The molecule has 1 aliphatic rings. The summed E-state index contributed by atoms with van der Waals surface area (Å²) in [6.45, 7) is 8.68. The van der Waals surface area contributed by atoms with Crippen molar-refractivity contribution < 1.29 is 14.3 Å². The first-order valence-corrected chi connectivity index (χ1v) is 6.42. The van der Waals surface area contributed by atoms with E-state index in [-0.39, 0.29) is 5.97 Å². The zero-order valence-corrected chi connectivity index (χ0v) is 11.5. The number of carbonyl (C=O) groups excluding carboxylic acids is 1. The number of hydrogen-bond acceptors (Lipinski definition) is 3. The van der Waals surface area contributed by atoms with E-state index in [1.807, 2.05) is 33.8 Å². The molecular weight excluding hydrogens is 228 g/mol. The van der Waals surface area contributed by atoms with E-state index in [1.165, 1.54) is 0 Å². The summed E-state index contributed by atoms with van der Waals surface area (Å²) in [5.41, 5.74) is 2.81. The Labute approximate surface area is 108 Å². The Kier molecular flexibility index (Phi) is 3.33. The van der Waals surface area contributed by atoms with E-state index in [1.54, 1.807) is 0 Å². The summed E-state index contributed by atoms with van der Waals surface area (Å²) < 4.78 is 11.1. The third-order valence-corrected chi connectivity index (χ3v) is 3.54. The van der Waals surface area contributed by atoms with E-state index < -0.39 is 5.60 Å². The van der Waals surface area contributed by atoms with Gasteiger partial charge in [0.15, 0.2) is 0 Å². The van der Waals surface area contributed by atoms with Crippen LogP contribution in [0.15, 0.2) is 12.1 Å². The SMILES string of the molecule is CCOc1cc(C)c(C2(C)CCC(=O)O2)cc1C. The predicted octanol–water partition coefficient (Wildman–Crippen LogP) is 3.25. The highest BCUT2D eigenvalue weighted by Crippen LogP contribution is 2.39. The second-order valence-corrected chi connectivity index (χ2v) is 5.07. The molecule has 1 unspecified atom stereocenters. The maximum atomic E-state index is 11.4. The Morgan fingerprint density at radius 1 is 1.33 bits per heavy atom. The molecule has 3 nitrogen and oxygen atoms in total. The molecule has 98 valence electrons. The van der Waals surface area contributed by atoms with Crippen LogP contribution in [0.5, 0.6) is 5.75 Å². The highest BCUT2D eigenvalue weighted by atomic mass is 16.6. The molecule has 0 bridgehead atoms. The molecule has 0 aliphatic carbocycles. The van der Waals surface area contributed by atoms with E-state index in [4.69, 9.17) is 9.47 Å². The van der Waals surface area contributed by atoms with Crippen LogP contribution in [0.2, 0.25) is 0 Å². The number of ether oxygens (including phenoxy) is 2. The number of esters is 1. The molecule has 0 spiro atoms. The third-order valence-electron chi connectivity index (χ3n) is 3.54. The molecular formula is C15H20O3. The first-order chi connectivity index (χ1) is 8.46. The summed E-state index contributed by atoms with van der Waals surface area (Å²) in [6, 6.07) is 4.12. The Bertz CT molecular complexity index is 479. The lowest BCUT2D eigenvalue weighted by atomic mass is 9.88. The first-order valence-electron chi connectivity index (χ1n) is 6.42. The molecule has 1 atom stereocenters. The van der Waals surface area contributed by atoms with Crippen LogP contribution in [-0.2, 0) is 15.1 Å². The van der Waals surface area contributed by atoms with Crippen LogP contribution < -0.4 is 4.74 Å². The molecule has 2 rings (SSSR count). The predicted molar refractivity (Wildman–Crippen MR) is 69.8 cm³/mol. The van der Waals surface area contributed by atoms with Crippen LogP contribution in [0, 0.1) is 13.8 Å². The van der Waals surface area contributed by atoms with Gasteiger partial charge in [0.05, 0.1) is 6.61 Å². The summed E-state index contributed by atoms with van der Waals surface area (Å²) in [5.74, 6) is 0.801. The summed E-state index contributed by atoms with van der Waals surface area (Å²) in [4.78, 5) is 11.4. The summed E-state index contributed by atoms with van der Waals surface area (Å²) in [7, 11) is 0. The van der Waals surface area contributed by atoms with Crippen molar-refractivity contribution >= 4 is 5.97 Å². The van der Waals surface area contributed by atoms with Crippen molar-refractivity contribution in [2.24, 2.45) is 0 Å². The van der Waals surface area contributed by atoms with Gasteiger partial charge in [-0.2, -0.15) is 0 Å². The van der Waals surface area contributed by atoms with Crippen molar-refractivity contribution in [1.29, 1.82) is 0 Å². The molecule has 0 aromatic heterocycles. The number of hydrogen-bond donors (Lipinski definition) is 0. The molecule has 0 saturated carbocycles. The fourth-order valence-electron chi connectivity index (χ4n) is 2.55. The maximum absolute atomic E-state index is 11.4. The minimum atomic E-state index is -0.476. The standard InChI is InChI=1S/C15H20O3/c1-5-17-13-9-10(2)12(8-11(13)3)15(4)7-6-14(16)18-15/h8-9H,5-7H2,1-4H3. The lowest BCUT2D eigenvalue weighted by molar-refractivity contribution is -0.147. The van der Waals surface area contributed by atoms with Gasteiger partial charge in [-0.05, 0) is 56.5 Å². The molecule has 1 heterocycles. The van der Waals surface area contributed by atoms with Gasteiger partial charge in [-0.25, -0.2) is 0 Å². The van der Waals surface area contributed by atoms with Gasteiger partial charge < -0.3 is 9.47 Å². The topological polar surface area (TPSA) is 35.5 Å². The fourth-order valence-corrected chi connectivity index (χ4v) is 2.55. The van der Waals surface area contributed by atoms with E-state index in [9.17, 15) is 4.79 Å². The average molecular weight is 248 g/mol. The Hall–Kier alpha value is -1.51. The second kappa shape index (κ2) is 4.63. The van der Waals surface area contributed by atoms with Gasteiger partial charge in [-0.15, -0.1) is 0 Å². The molecule has 1 saturated heterocycles. The van der Waals surface area contributed by atoms with Gasteiger partial charge in [0.1, 0.15) is 11.4 Å². The summed E-state index contributed by atoms with van der Waals surface area (Å²) in [5, 5.41) is 0. The van der Waals surface area contributed by atoms with Crippen LogP contribution in [0.1, 0.15) is 43.4 Å². The Balaban J connectivity index is 2.40. The van der Waals surface area contributed by atoms with Crippen LogP contribution in [0.3, 0.4) is 0 Å². The van der Waals surface area contributed by atoms with E-state index >= 15 is 0 Å². The minimum absolute atomic E-state index is 0.108. The monoisotopic (exact) mass is 248 g/mol. The largest absolute Gasteiger partial charge is 0.494 e. The molecule has 0 N–H and O–H groups in total. The van der Waals surface area contributed by atoms with E-state index in [2.05, 4.69) is 6.07 Å². The molecule has 1 aromatic rings. The van der Waals surface area contributed by atoms with Crippen molar-refractivity contribution in [2.45, 2.75) is 46.1 Å². The van der Waals surface area contributed by atoms with Crippen molar-refractivity contribution in [3.63, 3.8) is 0 Å². The molecule has 18 heavy (non-hydrogen) atoms. The van der Waals surface area contributed by atoms with Gasteiger partial charge in [-0.3, -0.25) is 4.79 Å². The van der Waals surface area contributed by atoms with Crippen molar-refractivity contribution in [3.8, 4) is 5.75 Å². The molecule has 3 heteroatoms. The third kappa shape index (κ3) is 2.22. The zero-order valence-electron chi connectivity index (χ0n) is 11.5. The van der Waals surface area contributed by atoms with Gasteiger partial charge in [0, 0.05) is 12.8 Å². The van der Waals surface area contributed by atoms with E-state index in [0.717, 1.165) is 28.9 Å². The summed E-state index contributed by atoms with van der Waals surface area (Å²) >= 11 is 0. The second-order valence-electron chi connectivity index (χ2n) is 5.07. The molecule has 1 aliphatic heterocycles. The lowest BCUT2D eigenvalue weighted by Gasteiger charge is -2.26. The van der Waals surface area contributed by atoms with Crippen LogP contribution in [-0.4, -0.2) is 12.6 Å². The highest BCUT2D eigenvalue weighted by Gasteiger charge is 2.38. The number of carbonyl (C=O) groups is 1. The van der Waals surface area contributed by atoms with Gasteiger partial charge >= 0.3 is 5.97 Å². The van der Waals surface area contributed by atoms with Crippen LogP contribution in [0.4, 0.5) is 0 Å². The van der Waals surface area contributed by atoms with Crippen LogP contribution >= 0.6 is 0 Å². The Morgan fingerprint density at radius 3 is 2.61 bits per heavy atom. The van der Waals surface area contributed by atoms with Gasteiger partial charge in [0.2, 0.25) is 0 Å². The van der Waals surface area contributed by atoms with Crippen molar-refractivity contribution in [3.05, 3.63) is 28.8 Å².